The zero-order valence-electron chi connectivity index (χ0n) is 13.2. The van der Waals surface area contributed by atoms with E-state index in [1.165, 1.54) is 0 Å². The molecule has 0 bridgehead atoms. The van der Waals surface area contributed by atoms with E-state index in [-0.39, 0.29) is 30.1 Å². The molecule has 1 fully saturated rings. The van der Waals surface area contributed by atoms with E-state index in [1.807, 2.05) is 44.2 Å². The summed E-state index contributed by atoms with van der Waals surface area (Å²) in [5.74, 6) is 0.00441. The molecule has 1 aromatic carbocycles. The molecule has 0 aromatic heterocycles. The molecule has 1 aliphatic carbocycles. The van der Waals surface area contributed by atoms with Gasteiger partial charge in [0.1, 0.15) is 5.76 Å². The Labute approximate surface area is 131 Å². The second-order valence-corrected chi connectivity index (χ2v) is 6.48. The van der Waals surface area contributed by atoms with E-state index in [4.69, 9.17) is 5.11 Å². The van der Waals surface area contributed by atoms with Crippen LogP contribution in [0.25, 0.3) is 0 Å². The Morgan fingerprint density at radius 2 is 1.91 bits per heavy atom. The largest absolute Gasteiger partial charge is 0.511 e. The van der Waals surface area contributed by atoms with Crippen molar-refractivity contribution in [1.82, 2.24) is 0 Å². The molecule has 0 amide bonds. The summed E-state index contributed by atoms with van der Waals surface area (Å²) in [7, 11) is 0. The Bertz CT molecular complexity index is 600. The minimum Gasteiger partial charge on any atom is -0.511 e. The third kappa shape index (κ3) is 4.04. The van der Waals surface area contributed by atoms with E-state index >= 15 is 0 Å². The van der Waals surface area contributed by atoms with Crippen molar-refractivity contribution >= 4 is 11.5 Å². The van der Waals surface area contributed by atoms with Crippen molar-refractivity contribution in [2.24, 2.45) is 10.4 Å². The summed E-state index contributed by atoms with van der Waals surface area (Å²) in [5, 5.41) is 19.4. The maximum atomic E-state index is 12.5. The lowest BCUT2D eigenvalue weighted by Crippen LogP contribution is -2.33. The van der Waals surface area contributed by atoms with E-state index in [9.17, 15) is 9.90 Å². The number of aliphatic hydroxyl groups is 2. The average Bonchev–Trinajstić information content (AvgIpc) is 2.44. The molecule has 0 unspecified atom stereocenters. The monoisotopic (exact) mass is 301 g/mol. The van der Waals surface area contributed by atoms with Crippen molar-refractivity contribution in [3.05, 3.63) is 47.2 Å². The standard InChI is InChI=1S/C18H23NO3/c1-18(2)11-14(19-8-9-20)17(16(22)12-18)15(21)10-13-6-4-3-5-7-13/h3-7,20-21H,8-12H2,1-2H3/b17-15+,19-14?. The zero-order valence-corrected chi connectivity index (χ0v) is 13.2. The van der Waals surface area contributed by atoms with Gasteiger partial charge in [-0.15, -0.1) is 0 Å². The van der Waals surface area contributed by atoms with Crippen LogP contribution in [0.5, 0.6) is 0 Å². The van der Waals surface area contributed by atoms with Gasteiger partial charge in [0.25, 0.3) is 0 Å². The van der Waals surface area contributed by atoms with Gasteiger partial charge in [-0.1, -0.05) is 44.2 Å². The van der Waals surface area contributed by atoms with Crippen LogP contribution in [0.2, 0.25) is 0 Å². The van der Waals surface area contributed by atoms with Gasteiger partial charge in [0, 0.05) is 18.6 Å². The van der Waals surface area contributed by atoms with E-state index < -0.39 is 0 Å². The highest BCUT2D eigenvalue weighted by Gasteiger charge is 2.36. The molecule has 2 N–H and O–H groups in total. The predicted octanol–water partition coefficient (Wildman–Crippen LogP) is 2.86. The number of rotatable bonds is 4. The van der Waals surface area contributed by atoms with Crippen LogP contribution in [0.4, 0.5) is 0 Å². The van der Waals surface area contributed by atoms with Gasteiger partial charge in [-0.2, -0.15) is 0 Å². The first-order valence-corrected chi connectivity index (χ1v) is 7.57. The van der Waals surface area contributed by atoms with E-state index in [1.54, 1.807) is 0 Å². The van der Waals surface area contributed by atoms with Gasteiger partial charge >= 0.3 is 0 Å². The lowest BCUT2D eigenvalue weighted by molar-refractivity contribution is -0.117. The number of carbonyl (C=O) groups excluding carboxylic acids is 1. The summed E-state index contributed by atoms with van der Waals surface area (Å²) < 4.78 is 0. The second kappa shape index (κ2) is 6.88. The fraction of sp³-hybridized carbons (Fsp3) is 0.444. The van der Waals surface area contributed by atoms with Gasteiger partial charge in [-0.05, 0) is 17.4 Å². The number of allylic oxidation sites excluding steroid dienone is 2. The topological polar surface area (TPSA) is 69.9 Å². The minimum atomic E-state index is -0.165. The lowest BCUT2D eigenvalue weighted by Gasteiger charge is -2.31. The summed E-state index contributed by atoms with van der Waals surface area (Å²) in [6.07, 6.45) is 1.35. The van der Waals surface area contributed by atoms with E-state index in [0.717, 1.165) is 5.56 Å². The molecule has 4 heteroatoms. The summed E-state index contributed by atoms with van der Waals surface area (Å²) in [5.41, 5.74) is 1.74. The first-order valence-electron chi connectivity index (χ1n) is 7.57. The molecule has 22 heavy (non-hydrogen) atoms. The highest BCUT2D eigenvalue weighted by Crippen LogP contribution is 2.35. The molecule has 118 valence electrons. The smallest absolute Gasteiger partial charge is 0.168 e. The number of aliphatic hydroxyl groups excluding tert-OH is 2. The van der Waals surface area contributed by atoms with Crippen molar-refractivity contribution in [3.63, 3.8) is 0 Å². The normalized spacial score (nSPS) is 22.0. The van der Waals surface area contributed by atoms with Crippen molar-refractivity contribution in [2.45, 2.75) is 33.1 Å². The molecular weight excluding hydrogens is 278 g/mol. The van der Waals surface area contributed by atoms with Gasteiger partial charge in [-0.3, -0.25) is 9.79 Å². The summed E-state index contributed by atoms with van der Waals surface area (Å²) >= 11 is 0. The maximum Gasteiger partial charge on any atom is 0.168 e. The first-order chi connectivity index (χ1) is 10.4. The van der Waals surface area contributed by atoms with Gasteiger partial charge in [0.15, 0.2) is 5.78 Å². The van der Waals surface area contributed by atoms with E-state index in [2.05, 4.69) is 4.99 Å². The third-order valence-electron chi connectivity index (χ3n) is 3.76. The molecule has 1 aliphatic rings. The van der Waals surface area contributed by atoms with Crippen molar-refractivity contribution < 1.29 is 15.0 Å². The Hall–Kier alpha value is -1.94. The average molecular weight is 301 g/mol. The van der Waals surface area contributed by atoms with Crippen LogP contribution in [0.3, 0.4) is 0 Å². The molecule has 1 aromatic rings. The minimum absolute atomic E-state index is 0.0646. The van der Waals surface area contributed by atoms with Crippen LogP contribution >= 0.6 is 0 Å². The number of hydrogen-bond donors (Lipinski definition) is 2. The van der Waals surface area contributed by atoms with Gasteiger partial charge in [0.2, 0.25) is 0 Å². The number of ketones is 1. The predicted molar refractivity (Wildman–Crippen MR) is 87.2 cm³/mol. The molecule has 4 nitrogen and oxygen atoms in total. The van der Waals surface area contributed by atoms with Crippen LogP contribution in [-0.4, -0.2) is 34.9 Å². The van der Waals surface area contributed by atoms with Crippen molar-refractivity contribution in [2.75, 3.05) is 13.2 Å². The van der Waals surface area contributed by atoms with Crippen molar-refractivity contribution in [3.8, 4) is 0 Å². The van der Waals surface area contributed by atoms with E-state index in [0.29, 0.717) is 30.5 Å². The Morgan fingerprint density at radius 1 is 1.23 bits per heavy atom. The fourth-order valence-corrected chi connectivity index (χ4v) is 2.81. The molecule has 0 atom stereocenters. The number of carbonyl (C=O) groups is 1. The Balaban J connectivity index is 2.35. The molecule has 2 rings (SSSR count). The molecule has 0 spiro atoms. The number of benzene rings is 1. The Morgan fingerprint density at radius 3 is 2.55 bits per heavy atom. The molecule has 1 saturated carbocycles. The highest BCUT2D eigenvalue weighted by atomic mass is 16.3. The summed E-state index contributed by atoms with van der Waals surface area (Å²) in [6.45, 7) is 4.22. The zero-order chi connectivity index (χ0) is 16.2. The SMILES string of the molecule is CC1(C)CC(=O)/C(=C(/O)Cc2ccccc2)C(=NCCO)C1. The van der Waals surface area contributed by atoms with Gasteiger partial charge < -0.3 is 10.2 Å². The summed E-state index contributed by atoms with van der Waals surface area (Å²) in [4.78, 5) is 16.8. The van der Waals surface area contributed by atoms with Crippen LogP contribution in [0, 0.1) is 5.41 Å². The summed E-state index contributed by atoms with van der Waals surface area (Å²) in [6, 6.07) is 9.55. The third-order valence-corrected chi connectivity index (χ3v) is 3.76. The van der Waals surface area contributed by atoms with Crippen LogP contribution in [0.15, 0.2) is 46.7 Å². The van der Waals surface area contributed by atoms with Crippen molar-refractivity contribution in [1.29, 1.82) is 0 Å². The highest BCUT2D eigenvalue weighted by molar-refractivity contribution is 6.24. The molecule has 0 saturated heterocycles. The Kier molecular flexibility index (Phi) is 5.14. The quantitative estimate of drug-likeness (QED) is 0.663. The van der Waals surface area contributed by atoms with Gasteiger partial charge in [0.05, 0.1) is 18.7 Å². The van der Waals surface area contributed by atoms with Crippen LogP contribution in [0.1, 0.15) is 32.3 Å². The molecule has 0 radical (unpaired) electrons. The number of aliphatic imine (C=N–C) groups is 1. The fourth-order valence-electron chi connectivity index (χ4n) is 2.81. The lowest BCUT2D eigenvalue weighted by atomic mass is 9.73. The van der Waals surface area contributed by atoms with Gasteiger partial charge in [-0.25, -0.2) is 0 Å². The number of Topliss-reactive ketones (excluding diaryl/α,β-unsaturated/α-hetero) is 1. The van der Waals surface area contributed by atoms with Crippen LogP contribution in [-0.2, 0) is 11.2 Å². The molecule has 0 aliphatic heterocycles. The second-order valence-electron chi connectivity index (χ2n) is 6.48. The molecular formula is C18H23NO3. The number of nitrogens with zero attached hydrogens (tertiary/aromatic N) is 1. The molecule has 0 heterocycles. The maximum absolute atomic E-state index is 12.5. The number of hydrogen-bond acceptors (Lipinski definition) is 4. The van der Waals surface area contributed by atoms with Crippen LogP contribution < -0.4 is 0 Å². The first kappa shape index (κ1) is 16.4.